The van der Waals surface area contributed by atoms with E-state index in [0.717, 1.165) is 10.0 Å². The second-order valence-electron chi connectivity index (χ2n) is 4.84. The highest BCUT2D eigenvalue weighted by Gasteiger charge is 2.22. The lowest BCUT2D eigenvalue weighted by atomic mass is 9.97. The van der Waals surface area contributed by atoms with Gasteiger partial charge in [-0.3, -0.25) is 4.79 Å². The van der Waals surface area contributed by atoms with E-state index in [0.29, 0.717) is 32.2 Å². The summed E-state index contributed by atoms with van der Waals surface area (Å²) in [7, 11) is 0. The van der Waals surface area contributed by atoms with E-state index in [9.17, 15) is 9.90 Å². The summed E-state index contributed by atoms with van der Waals surface area (Å²) in [6.45, 7) is 4.19. The molecule has 0 atom stereocenters. The van der Waals surface area contributed by atoms with Crippen molar-refractivity contribution in [2.24, 2.45) is 0 Å². The van der Waals surface area contributed by atoms with Crippen LogP contribution in [0.1, 0.15) is 38.7 Å². The largest absolute Gasteiger partial charge is 0.388 e. The van der Waals surface area contributed by atoms with Crippen molar-refractivity contribution in [2.75, 3.05) is 6.54 Å². The number of amides is 1. The van der Waals surface area contributed by atoms with Crippen molar-refractivity contribution in [1.82, 2.24) is 5.32 Å². The predicted molar refractivity (Wildman–Crippen MR) is 81.0 cm³/mol. The molecule has 1 rings (SSSR count). The third kappa shape index (κ3) is 5.74. The number of hydrogen-bond donors (Lipinski definition) is 2. The monoisotopic (exact) mass is 327 g/mol. The van der Waals surface area contributed by atoms with E-state index in [1.165, 1.54) is 0 Å². The van der Waals surface area contributed by atoms with Gasteiger partial charge in [0.1, 0.15) is 0 Å². The van der Waals surface area contributed by atoms with E-state index in [1.54, 1.807) is 0 Å². The van der Waals surface area contributed by atoms with Crippen molar-refractivity contribution in [1.29, 1.82) is 0 Å². The lowest BCUT2D eigenvalue weighted by molar-refractivity contribution is -0.122. The number of carbonyl (C=O) groups is 1. The van der Waals surface area contributed by atoms with Crippen LogP contribution in [0, 0.1) is 0 Å². The molecule has 2 N–H and O–H groups in total. The molecule has 4 heteroatoms. The van der Waals surface area contributed by atoms with Crippen LogP contribution < -0.4 is 5.32 Å². The highest BCUT2D eigenvalue weighted by molar-refractivity contribution is 9.10. The highest BCUT2D eigenvalue weighted by Crippen LogP contribution is 2.14. The Hall–Kier alpha value is -0.870. The molecule has 1 aromatic rings. The van der Waals surface area contributed by atoms with Gasteiger partial charge in [-0.1, -0.05) is 41.9 Å². The number of aliphatic hydroxyl groups is 1. The molecule has 0 fully saturated rings. The maximum atomic E-state index is 11.7. The number of halogens is 1. The van der Waals surface area contributed by atoms with Gasteiger partial charge in [0.15, 0.2) is 0 Å². The van der Waals surface area contributed by atoms with E-state index in [2.05, 4.69) is 21.2 Å². The van der Waals surface area contributed by atoms with Gasteiger partial charge in [-0.25, -0.2) is 0 Å². The predicted octanol–water partition coefficient (Wildman–Crippen LogP) is 3.05. The van der Waals surface area contributed by atoms with Crippen LogP contribution in [-0.2, 0) is 11.2 Å². The van der Waals surface area contributed by atoms with Crippen molar-refractivity contribution in [2.45, 2.75) is 45.1 Å². The Morgan fingerprint density at radius 1 is 1.37 bits per heavy atom. The van der Waals surface area contributed by atoms with E-state index in [-0.39, 0.29) is 5.91 Å². The summed E-state index contributed by atoms with van der Waals surface area (Å²) < 4.78 is 1.02. The minimum atomic E-state index is -0.772. The van der Waals surface area contributed by atoms with Crippen LogP contribution in [-0.4, -0.2) is 23.2 Å². The number of carbonyl (C=O) groups excluding carboxylic acids is 1. The molecule has 0 aliphatic carbocycles. The summed E-state index contributed by atoms with van der Waals surface area (Å²) in [5.41, 5.74) is 0.358. The van der Waals surface area contributed by atoms with Gasteiger partial charge < -0.3 is 10.4 Å². The zero-order valence-electron chi connectivity index (χ0n) is 11.6. The number of benzene rings is 1. The molecule has 0 saturated carbocycles. The summed E-state index contributed by atoms with van der Waals surface area (Å²) in [6.07, 6.45) is 2.45. The van der Waals surface area contributed by atoms with E-state index in [1.807, 2.05) is 38.1 Å². The SMILES string of the molecule is CCC(O)(CC)CNC(=O)CCc1cccc(Br)c1. The van der Waals surface area contributed by atoms with Crippen LogP contribution in [0.5, 0.6) is 0 Å². The average molecular weight is 328 g/mol. The van der Waals surface area contributed by atoms with Gasteiger partial charge in [0.2, 0.25) is 5.91 Å². The summed E-state index contributed by atoms with van der Waals surface area (Å²) in [4.78, 5) is 11.7. The zero-order valence-corrected chi connectivity index (χ0v) is 13.2. The molecular weight excluding hydrogens is 306 g/mol. The Kier molecular flexibility index (Phi) is 6.52. The molecule has 0 bridgehead atoms. The maximum absolute atomic E-state index is 11.7. The van der Waals surface area contributed by atoms with Crippen LogP contribution in [0.15, 0.2) is 28.7 Å². The Morgan fingerprint density at radius 2 is 2.05 bits per heavy atom. The van der Waals surface area contributed by atoms with Gasteiger partial charge in [-0.2, -0.15) is 0 Å². The van der Waals surface area contributed by atoms with Gasteiger partial charge in [-0.15, -0.1) is 0 Å². The molecule has 19 heavy (non-hydrogen) atoms. The lowest BCUT2D eigenvalue weighted by Crippen LogP contribution is -2.42. The minimum absolute atomic E-state index is 0.0136. The van der Waals surface area contributed by atoms with Crippen molar-refractivity contribution in [3.63, 3.8) is 0 Å². The van der Waals surface area contributed by atoms with Gasteiger partial charge >= 0.3 is 0 Å². The highest BCUT2D eigenvalue weighted by atomic mass is 79.9. The van der Waals surface area contributed by atoms with Gasteiger partial charge in [-0.05, 0) is 37.0 Å². The molecule has 0 saturated heterocycles. The summed E-state index contributed by atoms with van der Waals surface area (Å²) in [5, 5.41) is 12.9. The number of aryl methyl sites for hydroxylation is 1. The first-order valence-electron chi connectivity index (χ1n) is 6.72. The molecule has 1 amide bonds. The van der Waals surface area contributed by atoms with Gasteiger partial charge in [0.25, 0.3) is 0 Å². The summed E-state index contributed by atoms with van der Waals surface area (Å²) in [5.74, 6) is -0.0136. The van der Waals surface area contributed by atoms with E-state index >= 15 is 0 Å². The van der Waals surface area contributed by atoms with Crippen LogP contribution in [0.25, 0.3) is 0 Å². The Bertz CT molecular complexity index is 416. The number of rotatable bonds is 7. The lowest BCUT2D eigenvalue weighted by Gasteiger charge is -2.25. The fourth-order valence-corrected chi connectivity index (χ4v) is 2.25. The van der Waals surface area contributed by atoms with Crippen molar-refractivity contribution in [3.05, 3.63) is 34.3 Å². The number of nitrogens with one attached hydrogen (secondary N) is 1. The Balaban J connectivity index is 2.36. The first kappa shape index (κ1) is 16.2. The molecule has 0 unspecified atom stereocenters. The zero-order chi connectivity index (χ0) is 14.3. The molecule has 0 aliphatic heterocycles. The molecule has 106 valence electrons. The van der Waals surface area contributed by atoms with Crippen LogP contribution in [0.4, 0.5) is 0 Å². The molecule has 0 aliphatic rings. The smallest absolute Gasteiger partial charge is 0.220 e. The van der Waals surface area contributed by atoms with E-state index in [4.69, 9.17) is 0 Å². The first-order chi connectivity index (χ1) is 8.99. The normalized spacial score (nSPS) is 11.4. The fourth-order valence-electron chi connectivity index (χ4n) is 1.80. The van der Waals surface area contributed by atoms with Crippen molar-refractivity contribution < 1.29 is 9.90 Å². The summed E-state index contributed by atoms with van der Waals surface area (Å²) >= 11 is 3.41. The standard InChI is InChI=1S/C15H22BrNO2/c1-3-15(19,4-2)11-17-14(18)9-8-12-6-5-7-13(16)10-12/h5-7,10,19H,3-4,8-9,11H2,1-2H3,(H,17,18). The Morgan fingerprint density at radius 3 is 2.63 bits per heavy atom. The number of hydrogen-bond acceptors (Lipinski definition) is 2. The van der Waals surface area contributed by atoms with Crippen LogP contribution in [0.2, 0.25) is 0 Å². The Labute approximate surface area is 123 Å². The van der Waals surface area contributed by atoms with Crippen molar-refractivity contribution >= 4 is 21.8 Å². The molecule has 0 heterocycles. The van der Waals surface area contributed by atoms with Gasteiger partial charge in [0, 0.05) is 17.4 Å². The minimum Gasteiger partial charge on any atom is -0.388 e. The second-order valence-corrected chi connectivity index (χ2v) is 5.75. The topological polar surface area (TPSA) is 49.3 Å². The third-order valence-corrected chi connectivity index (χ3v) is 3.95. The average Bonchev–Trinajstić information content (AvgIpc) is 2.42. The fraction of sp³-hybridized carbons (Fsp3) is 0.533. The molecule has 0 spiro atoms. The molecule has 0 radical (unpaired) electrons. The molecule has 1 aromatic carbocycles. The summed E-state index contributed by atoms with van der Waals surface area (Å²) in [6, 6.07) is 7.95. The third-order valence-electron chi connectivity index (χ3n) is 3.46. The van der Waals surface area contributed by atoms with Gasteiger partial charge in [0.05, 0.1) is 5.60 Å². The van der Waals surface area contributed by atoms with Crippen molar-refractivity contribution in [3.8, 4) is 0 Å². The molecular formula is C15H22BrNO2. The quantitative estimate of drug-likeness (QED) is 0.808. The second kappa shape index (κ2) is 7.65. The molecule has 0 aromatic heterocycles. The maximum Gasteiger partial charge on any atom is 0.220 e. The molecule has 3 nitrogen and oxygen atoms in total. The van der Waals surface area contributed by atoms with Crippen LogP contribution in [0.3, 0.4) is 0 Å². The van der Waals surface area contributed by atoms with E-state index < -0.39 is 5.60 Å². The first-order valence-corrected chi connectivity index (χ1v) is 7.52. The van der Waals surface area contributed by atoms with Crippen LogP contribution >= 0.6 is 15.9 Å².